The van der Waals surface area contributed by atoms with Gasteiger partial charge in [0.25, 0.3) is 0 Å². The van der Waals surface area contributed by atoms with Crippen molar-refractivity contribution in [3.63, 3.8) is 0 Å². The minimum absolute atomic E-state index is 0.440. The summed E-state index contributed by atoms with van der Waals surface area (Å²) in [5.74, 6) is 0.779. The summed E-state index contributed by atoms with van der Waals surface area (Å²) in [6, 6.07) is 9.15. The maximum atomic E-state index is 5.42. The molecule has 0 aliphatic carbocycles. The molecule has 1 fully saturated rings. The summed E-state index contributed by atoms with van der Waals surface area (Å²) in [7, 11) is 0. The van der Waals surface area contributed by atoms with Crippen LogP contribution in [0, 0.1) is 12.8 Å². The van der Waals surface area contributed by atoms with Crippen LogP contribution in [0.15, 0.2) is 24.3 Å². The summed E-state index contributed by atoms with van der Waals surface area (Å²) in [6.45, 7) is 7.52. The van der Waals surface area contributed by atoms with E-state index in [1.807, 2.05) is 11.3 Å². The van der Waals surface area contributed by atoms with Gasteiger partial charge in [0, 0.05) is 28.8 Å². The fourth-order valence-corrected chi connectivity index (χ4v) is 4.23. The number of fused-ring (bicyclic) bond motifs is 1. The molecule has 108 valence electrons. The summed E-state index contributed by atoms with van der Waals surface area (Å²) >= 11 is 1.93. The van der Waals surface area contributed by atoms with E-state index < -0.39 is 0 Å². The Morgan fingerprint density at radius 3 is 2.80 bits per heavy atom. The van der Waals surface area contributed by atoms with Gasteiger partial charge in [0.05, 0.1) is 0 Å². The van der Waals surface area contributed by atoms with E-state index in [0.717, 1.165) is 25.7 Å². The number of benzene rings is 1. The van der Waals surface area contributed by atoms with Crippen LogP contribution in [0.2, 0.25) is 0 Å². The zero-order chi connectivity index (χ0) is 13.9. The van der Waals surface area contributed by atoms with Crippen molar-refractivity contribution in [3.8, 4) is 0 Å². The smallest absolute Gasteiger partial charge is 0.0469 e. The Balaban J connectivity index is 1.68. The molecule has 0 saturated carbocycles. The monoisotopic (exact) mass is 289 g/mol. The van der Waals surface area contributed by atoms with Crippen LogP contribution in [0.1, 0.15) is 36.2 Å². The standard InChI is InChI=1S/C17H23NOS/c1-12-15-5-3-4-6-16(15)20-17(12)13(2)18-11-14-7-9-19-10-8-14/h3-6,13-14,18H,7-11H2,1-2H3. The normalized spacial score (nSPS) is 18.5. The predicted octanol–water partition coefficient (Wildman–Crippen LogP) is 4.29. The summed E-state index contributed by atoms with van der Waals surface area (Å²) in [4.78, 5) is 1.48. The minimum Gasteiger partial charge on any atom is -0.381 e. The first-order chi connectivity index (χ1) is 9.75. The van der Waals surface area contributed by atoms with Crippen molar-refractivity contribution in [2.45, 2.75) is 32.7 Å². The number of ether oxygens (including phenoxy) is 1. The van der Waals surface area contributed by atoms with E-state index in [-0.39, 0.29) is 0 Å². The highest BCUT2D eigenvalue weighted by molar-refractivity contribution is 7.19. The molecular weight excluding hydrogens is 266 g/mol. The molecule has 1 saturated heterocycles. The van der Waals surface area contributed by atoms with Crippen LogP contribution < -0.4 is 5.32 Å². The van der Waals surface area contributed by atoms with Gasteiger partial charge in [0.1, 0.15) is 0 Å². The molecule has 20 heavy (non-hydrogen) atoms. The molecule has 1 N–H and O–H groups in total. The summed E-state index contributed by atoms with van der Waals surface area (Å²) in [5.41, 5.74) is 1.44. The fourth-order valence-electron chi connectivity index (χ4n) is 2.99. The second-order valence-electron chi connectivity index (χ2n) is 5.77. The van der Waals surface area contributed by atoms with E-state index in [4.69, 9.17) is 4.74 Å². The lowest BCUT2D eigenvalue weighted by atomic mass is 10.00. The van der Waals surface area contributed by atoms with Crippen LogP contribution in [0.4, 0.5) is 0 Å². The van der Waals surface area contributed by atoms with Gasteiger partial charge in [0.15, 0.2) is 0 Å². The van der Waals surface area contributed by atoms with Gasteiger partial charge in [-0.2, -0.15) is 0 Å². The number of nitrogens with one attached hydrogen (secondary N) is 1. The van der Waals surface area contributed by atoms with Crippen molar-refractivity contribution >= 4 is 21.4 Å². The minimum atomic E-state index is 0.440. The van der Waals surface area contributed by atoms with Crippen molar-refractivity contribution in [3.05, 3.63) is 34.7 Å². The average molecular weight is 289 g/mol. The van der Waals surface area contributed by atoms with E-state index in [9.17, 15) is 0 Å². The van der Waals surface area contributed by atoms with E-state index in [0.29, 0.717) is 6.04 Å². The van der Waals surface area contributed by atoms with Gasteiger partial charge in [-0.3, -0.25) is 0 Å². The molecule has 1 atom stereocenters. The fraction of sp³-hybridized carbons (Fsp3) is 0.529. The van der Waals surface area contributed by atoms with Crippen LogP contribution >= 0.6 is 11.3 Å². The van der Waals surface area contributed by atoms with E-state index in [1.54, 1.807) is 0 Å². The number of hydrogen-bond donors (Lipinski definition) is 1. The quantitative estimate of drug-likeness (QED) is 0.906. The Morgan fingerprint density at radius 1 is 1.30 bits per heavy atom. The molecular formula is C17H23NOS. The molecule has 1 aliphatic heterocycles. The summed E-state index contributed by atoms with van der Waals surface area (Å²) < 4.78 is 6.83. The first-order valence-corrected chi connectivity index (χ1v) is 8.36. The molecule has 3 heteroatoms. The van der Waals surface area contributed by atoms with Gasteiger partial charge in [0.2, 0.25) is 0 Å². The Bertz CT molecular complexity index is 571. The van der Waals surface area contributed by atoms with Crippen LogP contribution in [-0.4, -0.2) is 19.8 Å². The average Bonchev–Trinajstić information content (AvgIpc) is 2.84. The molecule has 0 radical (unpaired) electrons. The van der Waals surface area contributed by atoms with Gasteiger partial charge in [-0.15, -0.1) is 11.3 Å². The zero-order valence-corrected chi connectivity index (χ0v) is 13.1. The third-order valence-electron chi connectivity index (χ3n) is 4.33. The topological polar surface area (TPSA) is 21.3 Å². The number of aryl methyl sites for hydroxylation is 1. The lowest BCUT2D eigenvalue weighted by Crippen LogP contribution is -2.29. The summed E-state index contributed by atoms with van der Waals surface area (Å²) in [6.07, 6.45) is 2.40. The molecule has 2 aromatic rings. The van der Waals surface area contributed by atoms with Crippen LogP contribution in [0.25, 0.3) is 10.1 Å². The van der Waals surface area contributed by atoms with Crippen molar-refractivity contribution in [2.24, 2.45) is 5.92 Å². The van der Waals surface area contributed by atoms with Crippen molar-refractivity contribution in [2.75, 3.05) is 19.8 Å². The largest absolute Gasteiger partial charge is 0.381 e. The van der Waals surface area contributed by atoms with Crippen molar-refractivity contribution in [1.82, 2.24) is 5.32 Å². The lowest BCUT2D eigenvalue weighted by molar-refractivity contribution is 0.0656. The Kier molecular flexibility index (Phi) is 4.39. The van der Waals surface area contributed by atoms with Crippen LogP contribution in [0.3, 0.4) is 0 Å². The third kappa shape index (κ3) is 2.90. The van der Waals surface area contributed by atoms with Crippen LogP contribution in [-0.2, 0) is 4.74 Å². The molecule has 2 heterocycles. The third-order valence-corrected chi connectivity index (χ3v) is 5.78. The number of hydrogen-bond acceptors (Lipinski definition) is 3. The first kappa shape index (κ1) is 14.1. The highest BCUT2D eigenvalue weighted by atomic mass is 32.1. The second-order valence-corrected chi connectivity index (χ2v) is 6.86. The maximum absolute atomic E-state index is 5.42. The zero-order valence-electron chi connectivity index (χ0n) is 12.3. The van der Waals surface area contributed by atoms with Gasteiger partial charge >= 0.3 is 0 Å². The van der Waals surface area contributed by atoms with Gasteiger partial charge in [-0.05, 0) is 56.2 Å². The van der Waals surface area contributed by atoms with E-state index in [1.165, 1.54) is 33.4 Å². The van der Waals surface area contributed by atoms with Crippen molar-refractivity contribution in [1.29, 1.82) is 0 Å². The SMILES string of the molecule is Cc1c(C(C)NCC2CCOCC2)sc2ccccc12. The molecule has 1 aromatic carbocycles. The van der Waals surface area contributed by atoms with Gasteiger partial charge < -0.3 is 10.1 Å². The molecule has 0 amide bonds. The summed E-state index contributed by atoms with van der Waals surface area (Å²) in [5, 5.41) is 5.13. The Hall–Kier alpha value is -0.900. The second kappa shape index (κ2) is 6.25. The molecule has 3 rings (SSSR count). The molecule has 0 spiro atoms. The predicted molar refractivity (Wildman–Crippen MR) is 86.5 cm³/mol. The Morgan fingerprint density at radius 2 is 2.05 bits per heavy atom. The molecule has 1 aliphatic rings. The van der Waals surface area contributed by atoms with Gasteiger partial charge in [-0.1, -0.05) is 18.2 Å². The number of thiophene rings is 1. The van der Waals surface area contributed by atoms with E-state index in [2.05, 4.69) is 43.4 Å². The van der Waals surface area contributed by atoms with Crippen LogP contribution in [0.5, 0.6) is 0 Å². The van der Waals surface area contributed by atoms with Gasteiger partial charge in [-0.25, -0.2) is 0 Å². The molecule has 1 unspecified atom stereocenters. The molecule has 2 nitrogen and oxygen atoms in total. The molecule has 1 aromatic heterocycles. The highest BCUT2D eigenvalue weighted by Crippen LogP contribution is 2.34. The first-order valence-electron chi connectivity index (χ1n) is 7.55. The molecule has 0 bridgehead atoms. The maximum Gasteiger partial charge on any atom is 0.0469 e. The Labute approximate surface area is 125 Å². The number of rotatable bonds is 4. The van der Waals surface area contributed by atoms with E-state index >= 15 is 0 Å². The van der Waals surface area contributed by atoms with Crippen molar-refractivity contribution < 1.29 is 4.74 Å². The highest BCUT2D eigenvalue weighted by Gasteiger charge is 2.17. The lowest BCUT2D eigenvalue weighted by Gasteiger charge is -2.24.